The number of halogens is 1. The van der Waals surface area contributed by atoms with Gasteiger partial charge < -0.3 is 9.67 Å². The van der Waals surface area contributed by atoms with Crippen molar-refractivity contribution >= 4 is 26.8 Å². The van der Waals surface area contributed by atoms with Gasteiger partial charge in [-0.15, -0.1) is 0 Å². The highest BCUT2D eigenvalue weighted by molar-refractivity contribution is 9.10. The van der Waals surface area contributed by atoms with Gasteiger partial charge in [-0.1, -0.05) is 34.1 Å². The molecule has 3 aromatic rings. The third kappa shape index (κ3) is 2.14. The van der Waals surface area contributed by atoms with E-state index in [1.165, 1.54) is 10.9 Å². The van der Waals surface area contributed by atoms with Crippen LogP contribution < -0.4 is 0 Å². The quantitative estimate of drug-likeness (QED) is 0.755. The molecule has 3 heteroatoms. The molecule has 18 heavy (non-hydrogen) atoms. The Hall–Kier alpha value is -1.74. The first-order chi connectivity index (χ1) is 8.72. The minimum absolute atomic E-state index is 0.310. The number of hydrogen-bond acceptors (Lipinski definition) is 1. The number of aromatic nitrogens is 1. The highest BCUT2D eigenvalue weighted by atomic mass is 79.9. The molecule has 0 radical (unpaired) electrons. The summed E-state index contributed by atoms with van der Waals surface area (Å²) < 4.78 is 3.25. The minimum Gasteiger partial charge on any atom is -0.508 e. The van der Waals surface area contributed by atoms with E-state index in [1.54, 1.807) is 12.1 Å². The van der Waals surface area contributed by atoms with Crippen molar-refractivity contribution in [3.8, 4) is 5.75 Å². The summed E-state index contributed by atoms with van der Waals surface area (Å²) in [7, 11) is 0. The summed E-state index contributed by atoms with van der Waals surface area (Å²) >= 11 is 3.49. The van der Waals surface area contributed by atoms with Crippen molar-refractivity contribution in [2.75, 3.05) is 0 Å². The summed E-state index contributed by atoms with van der Waals surface area (Å²) in [5.74, 6) is 0.310. The topological polar surface area (TPSA) is 25.2 Å². The van der Waals surface area contributed by atoms with Gasteiger partial charge in [0.2, 0.25) is 0 Å². The number of phenolic OH excluding ortho intramolecular Hbond substituents is 1. The lowest BCUT2D eigenvalue weighted by Gasteiger charge is -2.06. The number of benzene rings is 2. The molecule has 1 heterocycles. The van der Waals surface area contributed by atoms with Crippen molar-refractivity contribution in [2.45, 2.75) is 6.54 Å². The third-order valence-corrected chi connectivity index (χ3v) is 3.49. The van der Waals surface area contributed by atoms with E-state index in [2.05, 4.69) is 44.9 Å². The molecule has 2 nitrogen and oxygen atoms in total. The molecule has 0 saturated heterocycles. The van der Waals surface area contributed by atoms with Gasteiger partial charge in [0, 0.05) is 22.7 Å². The normalized spacial score (nSPS) is 10.9. The Morgan fingerprint density at radius 3 is 2.78 bits per heavy atom. The van der Waals surface area contributed by atoms with Crippen LogP contribution in [0.25, 0.3) is 10.9 Å². The average Bonchev–Trinajstić information content (AvgIpc) is 2.72. The molecule has 0 bridgehead atoms. The van der Waals surface area contributed by atoms with Gasteiger partial charge in [0.25, 0.3) is 0 Å². The van der Waals surface area contributed by atoms with E-state index < -0.39 is 0 Å². The second kappa shape index (κ2) is 4.50. The monoisotopic (exact) mass is 301 g/mol. The van der Waals surface area contributed by atoms with Crippen molar-refractivity contribution in [2.24, 2.45) is 0 Å². The summed E-state index contributed by atoms with van der Waals surface area (Å²) in [5, 5.41) is 10.7. The standard InChI is InChI=1S/C15H12BrNO/c16-13-5-4-12-6-7-17(15(12)9-13)10-11-2-1-3-14(18)8-11/h1-9,18H,10H2. The maximum absolute atomic E-state index is 9.48. The fraction of sp³-hybridized carbons (Fsp3) is 0.0667. The summed E-state index contributed by atoms with van der Waals surface area (Å²) in [6.07, 6.45) is 2.07. The van der Waals surface area contributed by atoms with E-state index in [0.29, 0.717) is 5.75 Å². The minimum atomic E-state index is 0.310. The maximum Gasteiger partial charge on any atom is 0.115 e. The first kappa shape index (κ1) is 11.4. The van der Waals surface area contributed by atoms with Crippen LogP contribution in [0.15, 0.2) is 59.2 Å². The lowest BCUT2D eigenvalue weighted by molar-refractivity contribution is 0.474. The number of phenols is 1. The number of fused-ring (bicyclic) bond motifs is 1. The van der Waals surface area contributed by atoms with Crippen LogP contribution in [0.1, 0.15) is 5.56 Å². The van der Waals surface area contributed by atoms with E-state index in [1.807, 2.05) is 18.2 Å². The van der Waals surface area contributed by atoms with Crippen LogP contribution in [0.5, 0.6) is 5.75 Å². The number of hydrogen-bond donors (Lipinski definition) is 1. The van der Waals surface area contributed by atoms with Gasteiger partial charge in [-0.25, -0.2) is 0 Å². The first-order valence-corrected chi connectivity index (χ1v) is 6.54. The van der Waals surface area contributed by atoms with Gasteiger partial charge in [0.1, 0.15) is 5.75 Å². The summed E-state index contributed by atoms with van der Waals surface area (Å²) in [4.78, 5) is 0. The Kier molecular flexibility index (Phi) is 2.84. The molecule has 1 N–H and O–H groups in total. The molecule has 3 rings (SSSR count). The highest BCUT2D eigenvalue weighted by Gasteiger charge is 2.03. The number of nitrogens with zero attached hydrogens (tertiary/aromatic N) is 1. The van der Waals surface area contributed by atoms with Gasteiger partial charge in [-0.05, 0) is 41.3 Å². The summed E-state index contributed by atoms with van der Waals surface area (Å²) in [5.41, 5.74) is 2.28. The zero-order valence-electron chi connectivity index (χ0n) is 9.68. The molecule has 0 atom stereocenters. The average molecular weight is 302 g/mol. The van der Waals surface area contributed by atoms with Gasteiger partial charge in [-0.2, -0.15) is 0 Å². The van der Waals surface area contributed by atoms with E-state index in [4.69, 9.17) is 0 Å². The Bertz CT molecular complexity index is 703. The lowest BCUT2D eigenvalue weighted by Crippen LogP contribution is -1.97. The predicted octanol–water partition coefficient (Wildman–Crippen LogP) is 4.16. The Morgan fingerprint density at radius 2 is 1.94 bits per heavy atom. The zero-order valence-corrected chi connectivity index (χ0v) is 11.3. The molecule has 0 spiro atoms. The van der Waals surface area contributed by atoms with Crippen molar-refractivity contribution in [3.63, 3.8) is 0 Å². The Labute approximate surface area is 114 Å². The van der Waals surface area contributed by atoms with E-state index in [-0.39, 0.29) is 0 Å². The maximum atomic E-state index is 9.48. The predicted molar refractivity (Wildman–Crippen MR) is 76.8 cm³/mol. The molecular weight excluding hydrogens is 290 g/mol. The molecule has 0 unspecified atom stereocenters. The van der Waals surface area contributed by atoms with Crippen LogP contribution >= 0.6 is 15.9 Å². The van der Waals surface area contributed by atoms with Crippen LogP contribution in [-0.2, 0) is 6.54 Å². The van der Waals surface area contributed by atoms with Gasteiger partial charge in [-0.3, -0.25) is 0 Å². The molecule has 2 aromatic carbocycles. The highest BCUT2D eigenvalue weighted by Crippen LogP contribution is 2.22. The Balaban J connectivity index is 2.02. The second-order valence-electron chi connectivity index (χ2n) is 4.32. The van der Waals surface area contributed by atoms with Crippen molar-refractivity contribution in [1.82, 2.24) is 4.57 Å². The van der Waals surface area contributed by atoms with E-state index in [9.17, 15) is 5.11 Å². The van der Waals surface area contributed by atoms with E-state index in [0.717, 1.165) is 16.6 Å². The smallest absolute Gasteiger partial charge is 0.115 e. The molecule has 0 fully saturated rings. The molecular formula is C15H12BrNO. The lowest BCUT2D eigenvalue weighted by atomic mass is 10.2. The van der Waals surface area contributed by atoms with Crippen LogP contribution in [0.4, 0.5) is 0 Å². The Morgan fingerprint density at radius 1 is 1.06 bits per heavy atom. The van der Waals surface area contributed by atoms with Crippen LogP contribution in [0.3, 0.4) is 0 Å². The van der Waals surface area contributed by atoms with Crippen molar-refractivity contribution in [1.29, 1.82) is 0 Å². The van der Waals surface area contributed by atoms with Crippen molar-refractivity contribution < 1.29 is 5.11 Å². The zero-order chi connectivity index (χ0) is 12.5. The SMILES string of the molecule is Oc1cccc(Cn2ccc3ccc(Br)cc32)c1. The fourth-order valence-electron chi connectivity index (χ4n) is 2.15. The third-order valence-electron chi connectivity index (χ3n) is 3.00. The van der Waals surface area contributed by atoms with Gasteiger partial charge in [0.15, 0.2) is 0 Å². The van der Waals surface area contributed by atoms with Gasteiger partial charge in [0.05, 0.1) is 0 Å². The molecule has 0 aliphatic heterocycles. The number of rotatable bonds is 2. The molecule has 0 amide bonds. The summed E-state index contributed by atoms with van der Waals surface area (Å²) in [6.45, 7) is 0.758. The van der Waals surface area contributed by atoms with Gasteiger partial charge >= 0.3 is 0 Å². The molecule has 0 aliphatic rings. The van der Waals surface area contributed by atoms with Crippen LogP contribution in [-0.4, -0.2) is 9.67 Å². The van der Waals surface area contributed by atoms with Crippen LogP contribution in [0, 0.1) is 0 Å². The second-order valence-corrected chi connectivity index (χ2v) is 5.23. The largest absolute Gasteiger partial charge is 0.508 e. The molecule has 90 valence electrons. The van der Waals surface area contributed by atoms with Crippen molar-refractivity contribution in [3.05, 3.63) is 64.8 Å². The molecule has 0 aliphatic carbocycles. The summed E-state index contributed by atoms with van der Waals surface area (Å²) in [6, 6.07) is 15.7. The first-order valence-electron chi connectivity index (χ1n) is 5.75. The fourth-order valence-corrected chi connectivity index (χ4v) is 2.50. The van der Waals surface area contributed by atoms with Crippen LogP contribution in [0.2, 0.25) is 0 Å². The molecule has 0 saturated carbocycles. The van der Waals surface area contributed by atoms with E-state index >= 15 is 0 Å². The molecule has 1 aromatic heterocycles. The number of aromatic hydroxyl groups is 1.